The summed E-state index contributed by atoms with van der Waals surface area (Å²) in [4.78, 5) is 11.9. The fraction of sp³-hybridized carbons (Fsp3) is 0.333. The zero-order valence-electron chi connectivity index (χ0n) is 13.4. The van der Waals surface area contributed by atoms with Gasteiger partial charge in [0, 0.05) is 16.3 Å². The van der Waals surface area contributed by atoms with Crippen LogP contribution in [0.1, 0.15) is 29.6 Å². The molecule has 0 saturated heterocycles. The van der Waals surface area contributed by atoms with Crippen LogP contribution in [0, 0.1) is 12.8 Å². The van der Waals surface area contributed by atoms with Crippen molar-refractivity contribution in [3.05, 3.63) is 40.5 Å². The first-order valence-corrected chi connectivity index (χ1v) is 8.83. The highest BCUT2D eigenvalue weighted by atomic mass is 32.1. The molecule has 3 aromatic rings. The van der Waals surface area contributed by atoms with Gasteiger partial charge in [-0.1, -0.05) is 6.92 Å². The highest BCUT2D eigenvalue weighted by Crippen LogP contribution is 2.40. The molecule has 4 rings (SSSR count). The smallest absolute Gasteiger partial charge is 0.143 e. The predicted octanol–water partition coefficient (Wildman–Crippen LogP) is 4.45. The van der Waals surface area contributed by atoms with E-state index in [4.69, 9.17) is 5.73 Å². The van der Waals surface area contributed by atoms with Crippen molar-refractivity contribution in [3.63, 3.8) is 0 Å². The molecule has 118 valence electrons. The number of nitrogen functional groups attached to an aromatic ring is 1. The lowest BCUT2D eigenvalue weighted by Gasteiger charge is -2.18. The molecule has 1 aliphatic carbocycles. The topological polar surface area (TPSA) is 63.8 Å². The first kappa shape index (κ1) is 14.5. The summed E-state index contributed by atoms with van der Waals surface area (Å²) in [5.41, 5.74) is 8.98. The molecular weight excluding hydrogens is 304 g/mol. The fourth-order valence-corrected chi connectivity index (χ4v) is 4.67. The van der Waals surface area contributed by atoms with Gasteiger partial charge in [0.25, 0.3) is 0 Å². The minimum atomic E-state index is 0.762. The minimum Gasteiger partial charge on any atom is -0.399 e. The molecule has 2 aromatic heterocycles. The SMILES string of the molecule is Cc1nc(Nc2ccc(N)cc2)c2c3c(sc2n1)CC(C)CC3. The third-order valence-electron chi connectivity index (χ3n) is 4.44. The number of benzene rings is 1. The Kier molecular flexibility index (Phi) is 3.45. The van der Waals surface area contributed by atoms with E-state index >= 15 is 0 Å². The summed E-state index contributed by atoms with van der Waals surface area (Å²) in [6.45, 7) is 4.28. The van der Waals surface area contributed by atoms with E-state index in [0.717, 1.165) is 46.6 Å². The number of thiophene rings is 1. The lowest BCUT2D eigenvalue weighted by Crippen LogP contribution is -2.09. The molecule has 0 amide bonds. The molecule has 0 spiro atoms. The Morgan fingerprint density at radius 2 is 2.00 bits per heavy atom. The van der Waals surface area contributed by atoms with Gasteiger partial charge in [0.2, 0.25) is 0 Å². The van der Waals surface area contributed by atoms with Gasteiger partial charge < -0.3 is 11.1 Å². The molecule has 4 nitrogen and oxygen atoms in total. The number of hydrogen-bond acceptors (Lipinski definition) is 5. The fourth-order valence-electron chi connectivity index (χ4n) is 3.24. The van der Waals surface area contributed by atoms with Crippen molar-refractivity contribution in [1.29, 1.82) is 0 Å². The van der Waals surface area contributed by atoms with Crippen LogP contribution in [0.25, 0.3) is 10.2 Å². The molecule has 1 aliphatic rings. The average molecular weight is 324 g/mol. The van der Waals surface area contributed by atoms with E-state index in [9.17, 15) is 0 Å². The van der Waals surface area contributed by atoms with Crippen molar-refractivity contribution in [2.75, 3.05) is 11.1 Å². The zero-order valence-corrected chi connectivity index (χ0v) is 14.2. The monoisotopic (exact) mass is 324 g/mol. The van der Waals surface area contributed by atoms with Crippen molar-refractivity contribution in [3.8, 4) is 0 Å². The lowest BCUT2D eigenvalue weighted by atomic mass is 9.89. The van der Waals surface area contributed by atoms with Gasteiger partial charge in [0.15, 0.2) is 0 Å². The van der Waals surface area contributed by atoms with Crippen LogP contribution in [-0.4, -0.2) is 9.97 Å². The number of fused-ring (bicyclic) bond motifs is 3. The van der Waals surface area contributed by atoms with Gasteiger partial charge in [0.1, 0.15) is 16.5 Å². The Hall–Kier alpha value is -2.14. The second kappa shape index (κ2) is 5.49. The molecule has 0 fully saturated rings. The van der Waals surface area contributed by atoms with E-state index in [1.165, 1.54) is 22.2 Å². The molecule has 1 unspecified atom stereocenters. The normalized spacial score (nSPS) is 17.2. The Morgan fingerprint density at radius 3 is 2.78 bits per heavy atom. The van der Waals surface area contributed by atoms with E-state index in [0.29, 0.717) is 0 Å². The summed E-state index contributed by atoms with van der Waals surface area (Å²) >= 11 is 1.83. The van der Waals surface area contributed by atoms with E-state index in [1.807, 2.05) is 42.5 Å². The van der Waals surface area contributed by atoms with Gasteiger partial charge >= 0.3 is 0 Å². The second-order valence-corrected chi connectivity index (χ2v) is 7.48. The third-order valence-corrected chi connectivity index (χ3v) is 5.59. The summed E-state index contributed by atoms with van der Waals surface area (Å²) in [5, 5.41) is 4.67. The maximum Gasteiger partial charge on any atom is 0.143 e. The molecule has 0 aliphatic heterocycles. The van der Waals surface area contributed by atoms with Gasteiger partial charge in [-0.15, -0.1) is 11.3 Å². The second-order valence-electron chi connectivity index (χ2n) is 6.40. The molecule has 3 N–H and O–H groups in total. The number of rotatable bonds is 2. The molecule has 2 heterocycles. The number of aromatic nitrogens is 2. The van der Waals surface area contributed by atoms with E-state index in [2.05, 4.69) is 22.2 Å². The highest BCUT2D eigenvalue weighted by molar-refractivity contribution is 7.19. The number of nitrogens with one attached hydrogen (secondary N) is 1. The first-order chi connectivity index (χ1) is 11.1. The molecule has 1 atom stereocenters. The van der Waals surface area contributed by atoms with Crippen molar-refractivity contribution in [1.82, 2.24) is 9.97 Å². The molecule has 0 radical (unpaired) electrons. The standard InChI is InChI=1S/C18H20N4S/c1-10-3-8-14-15(9-10)23-18-16(14)17(20-11(2)21-18)22-13-6-4-12(19)5-7-13/h4-7,10H,3,8-9,19H2,1-2H3,(H,20,21,22). The number of aryl methyl sites for hydroxylation is 2. The summed E-state index contributed by atoms with van der Waals surface area (Å²) in [6, 6.07) is 7.77. The Balaban J connectivity index is 1.83. The van der Waals surface area contributed by atoms with E-state index in [-0.39, 0.29) is 0 Å². The molecule has 1 aromatic carbocycles. The summed E-state index contributed by atoms with van der Waals surface area (Å²) < 4.78 is 0. The zero-order chi connectivity index (χ0) is 16.0. The van der Waals surface area contributed by atoms with Crippen LogP contribution in [0.3, 0.4) is 0 Å². The Bertz CT molecular complexity index is 867. The van der Waals surface area contributed by atoms with Crippen LogP contribution in [0.4, 0.5) is 17.2 Å². The largest absolute Gasteiger partial charge is 0.399 e. The summed E-state index contributed by atoms with van der Waals surface area (Å²) in [6.07, 6.45) is 3.53. The Labute approximate surface area is 139 Å². The van der Waals surface area contributed by atoms with Crippen LogP contribution < -0.4 is 11.1 Å². The van der Waals surface area contributed by atoms with Crippen LogP contribution in [-0.2, 0) is 12.8 Å². The van der Waals surface area contributed by atoms with Crippen molar-refractivity contribution in [2.24, 2.45) is 5.92 Å². The van der Waals surface area contributed by atoms with Crippen molar-refractivity contribution < 1.29 is 0 Å². The van der Waals surface area contributed by atoms with Crippen LogP contribution in [0.2, 0.25) is 0 Å². The molecule has 0 bridgehead atoms. The Morgan fingerprint density at radius 1 is 1.22 bits per heavy atom. The van der Waals surface area contributed by atoms with Crippen LogP contribution in [0.5, 0.6) is 0 Å². The van der Waals surface area contributed by atoms with Crippen molar-refractivity contribution in [2.45, 2.75) is 33.1 Å². The number of nitrogens with zero attached hydrogens (tertiary/aromatic N) is 2. The quantitative estimate of drug-likeness (QED) is 0.684. The number of anilines is 3. The highest BCUT2D eigenvalue weighted by Gasteiger charge is 2.23. The molecule has 5 heteroatoms. The van der Waals surface area contributed by atoms with Gasteiger partial charge in [-0.2, -0.15) is 0 Å². The van der Waals surface area contributed by atoms with Gasteiger partial charge in [-0.05, 0) is 61.9 Å². The van der Waals surface area contributed by atoms with Crippen LogP contribution in [0.15, 0.2) is 24.3 Å². The minimum absolute atomic E-state index is 0.762. The molecule has 0 saturated carbocycles. The molecular formula is C18H20N4S. The maximum absolute atomic E-state index is 5.77. The number of hydrogen-bond donors (Lipinski definition) is 2. The van der Waals surface area contributed by atoms with Crippen LogP contribution >= 0.6 is 11.3 Å². The molecule has 23 heavy (non-hydrogen) atoms. The number of nitrogens with two attached hydrogens (primary N) is 1. The van der Waals surface area contributed by atoms with Gasteiger partial charge in [-0.3, -0.25) is 0 Å². The lowest BCUT2D eigenvalue weighted by molar-refractivity contribution is 0.509. The summed E-state index contributed by atoms with van der Waals surface area (Å²) in [7, 11) is 0. The summed E-state index contributed by atoms with van der Waals surface area (Å²) in [5.74, 6) is 2.49. The third kappa shape index (κ3) is 2.65. The van der Waals surface area contributed by atoms with Crippen molar-refractivity contribution >= 4 is 38.7 Å². The average Bonchev–Trinajstić information content (AvgIpc) is 2.86. The van der Waals surface area contributed by atoms with E-state index in [1.54, 1.807) is 0 Å². The predicted molar refractivity (Wildman–Crippen MR) is 97.5 cm³/mol. The van der Waals surface area contributed by atoms with Gasteiger partial charge in [-0.25, -0.2) is 9.97 Å². The van der Waals surface area contributed by atoms with Gasteiger partial charge in [0.05, 0.1) is 5.39 Å². The first-order valence-electron chi connectivity index (χ1n) is 8.01. The maximum atomic E-state index is 5.77. The van der Waals surface area contributed by atoms with E-state index < -0.39 is 0 Å².